The highest BCUT2D eigenvalue weighted by Gasteiger charge is 2.19. The zero-order valence-electron chi connectivity index (χ0n) is 9.03. The Morgan fingerprint density at radius 2 is 2.12 bits per heavy atom. The Kier molecular flexibility index (Phi) is 4.65. The number of alkyl halides is 1. The lowest BCUT2D eigenvalue weighted by molar-refractivity contribution is -0.0194. The van der Waals surface area contributed by atoms with Gasteiger partial charge in [0, 0.05) is 30.0 Å². The molecule has 2 rings (SSSR count). The summed E-state index contributed by atoms with van der Waals surface area (Å²) < 4.78 is 6.66. The van der Waals surface area contributed by atoms with Gasteiger partial charge in [-0.25, -0.2) is 0 Å². The molecule has 1 aliphatic rings. The summed E-state index contributed by atoms with van der Waals surface area (Å²) in [7, 11) is 0. The quantitative estimate of drug-likeness (QED) is 0.796. The first kappa shape index (κ1) is 12.4. The summed E-state index contributed by atoms with van der Waals surface area (Å²) in [6, 6.07) is 8.45. The molecule has 1 fully saturated rings. The molecule has 0 N–H and O–H groups in total. The molecule has 16 heavy (non-hydrogen) atoms. The number of nitrogens with zero attached hydrogens (tertiary/aromatic N) is 1. The second kappa shape index (κ2) is 6.01. The molecule has 1 aromatic rings. The third-order valence-electron chi connectivity index (χ3n) is 2.71. The van der Waals surface area contributed by atoms with Crippen LogP contribution in [0.2, 0.25) is 0 Å². The van der Waals surface area contributed by atoms with E-state index >= 15 is 0 Å². The Bertz CT molecular complexity index is 330. The summed E-state index contributed by atoms with van der Waals surface area (Å²) in [5, 5.41) is 0. The highest BCUT2D eigenvalue weighted by atomic mass is 79.9. The first-order chi connectivity index (χ1) is 7.78. The van der Waals surface area contributed by atoms with E-state index in [4.69, 9.17) is 16.3 Å². The zero-order chi connectivity index (χ0) is 11.4. The van der Waals surface area contributed by atoms with Gasteiger partial charge < -0.3 is 4.74 Å². The molecule has 1 aromatic carbocycles. The summed E-state index contributed by atoms with van der Waals surface area (Å²) >= 11 is 9.25. The minimum absolute atomic E-state index is 0.186. The largest absolute Gasteiger partial charge is 0.374 e. The van der Waals surface area contributed by atoms with Crippen LogP contribution in [0.5, 0.6) is 0 Å². The normalized spacial score (nSPS) is 22.2. The van der Waals surface area contributed by atoms with E-state index in [0.717, 1.165) is 30.7 Å². The maximum Gasteiger partial charge on any atom is 0.0837 e. The van der Waals surface area contributed by atoms with Gasteiger partial charge in [-0.05, 0) is 17.7 Å². The zero-order valence-corrected chi connectivity index (χ0v) is 11.4. The van der Waals surface area contributed by atoms with Gasteiger partial charge in [-0.15, -0.1) is 11.6 Å². The van der Waals surface area contributed by atoms with E-state index in [1.165, 1.54) is 5.56 Å². The van der Waals surface area contributed by atoms with Gasteiger partial charge in [-0.1, -0.05) is 28.1 Å². The van der Waals surface area contributed by atoms with Crippen molar-refractivity contribution in [2.24, 2.45) is 0 Å². The summed E-state index contributed by atoms with van der Waals surface area (Å²) in [6.45, 7) is 3.68. The van der Waals surface area contributed by atoms with Crippen LogP contribution in [-0.2, 0) is 11.3 Å². The summed E-state index contributed by atoms with van der Waals surface area (Å²) in [5.41, 5.74) is 1.33. The number of rotatable bonds is 3. The molecule has 0 aliphatic carbocycles. The van der Waals surface area contributed by atoms with E-state index in [1.807, 2.05) is 0 Å². The fourth-order valence-electron chi connectivity index (χ4n) is 1.87. The molecule has 0 bridgehead atoms. The number of ether oxygens (including phenoxy) is 1. The molecule has 0 spiro atoms. The van der Waals surface area contributed by atoms with E-state index < -0.39 is 0 Å². The average molecular weight is 305 g/mol. The van der Waals surface area contributed by atoms with Crippen molar-refractivity contribution in [3.05, 3.63) is 34.3 Å². The van der Waals surface area contributed by atoms with E-state index in [1.54, 1.807) is 0 Å². The second-order valence-corrected chi connectivity index (χ2v) is 5.23. The van der Waals surface area contributed by atoms with Gasteiger partial charge in [0.2, 0.25) is 0 Å². The van der Waals surface area contributed by atoms with Crippen LogP contribution in [0.1, 0.15) is 5.56 Å². The van der Waals surface area contributed by atoms with Crippen LogP contribution >= 0.6 is 27.5 Å². The highest BCUT2D eigenvalue weighted by Crippen LogP contribution is 2.14. The molecule has 0 amide bonds. The topological polar surface area (TPSA) is 12.5 Å². The van der Waals surface area contributed by atoms with Gasteiger partial charge >= 0.3 is 0 Å². The monoisotopic (exact) mass is 303 g/mol. The maximum atomic E-state index is 5.81. The Balaban J connectivity index is 1.91. The van der Waals surface area contributed by atoms with Crippen molar-refractivity contribution in [3.63, 3.8) is 0 Å². The third kappa shape index (κ3) is 3.45. The SMILES string of the molecule is ClCC1CN(Cc2ccc(Br)cc2)CCO1. The number of hydrogen-bond acceptors (Lipinski definition) is 2. The van der Waals surface area contributed by atoms with E-state index in [9.17, 15) is 0 Å². The molecule has 1 atom stereocenters. The lowest BCUT2D eigenvalue weighted by atomic mass is 10.2. The van der Waals surface area contributed by atoms with Gasteiger partial charge in [-0.2, -0.15) is 0 Å². The molecule has 88 valence electrons. The predicted octanol–water partition coefficient (Wildman–Crippen LogP) is 2.89. The van der Waals surface area contributed by atoms with Crippen molar-refractivity contribution < 1.29 is 4.74 Å². The Morgan fingerprint density at radius 1 is 1.38 bits per heavy atom. The number of morpholine rings is 1. The molecular weight excluding hydrogens is 289 g/mol. The smallest absolute Gasteiger partial charge is 0.0837 e. The molecule has 2 nitrogen and oxygen atoms in total. The fourth-order valence-corrected chi connectivity index (χ4v) is 2.32. The predicted molar refractivity (Wildman–Crippen MR) is 69.9 cm³/mol. The molecule has 0 saturated carbocycles. The molecule has 1 saturated heterocycles. The molecule has 4 heteroatoms. The maximum absolute atomic E-state index is 5.81. The highest BCUT2D eigenvalue weighted by molar-refractivity contribution is 9.10. The Hall–Kier alpha value is -0.0900. The van der Waals surface area contributed by atoms with Crippen LogP contribution in [0.4, 0.5) is 0 Å². The molecule has 1 heterocycles. The van der Waals surface area contributed by atoms with E-state index in [0.29, 0.717) is 5.88 Å². The van der Waals surface area contributed by atoms with Gasteiger partial charge in [0.05, 0.1) is 12.7 Å². The van der Waals surface area contributed by atoms with Crippen LogP contribution < -0.4 is 0 Å². The minimum Gasteiger partial charge on any atom is -0.374 e. The van der Waals surface area contributed by atoms with Gasteiger partial charge in [0.25, 0.3) is 0 Å². The molecule has 1 aliphatic heterocycles. The van der Waals surface area contributed by atoms with Crippen molar-refractivity contribution in [2.45, 2.75) is 12.6 Å². The van der Waals surface area contributed by atoms with Crippen LogP contribution in [0.3, 0.4) is 0 Å². The Labute approximate surface area is 110 Å². The summed E-state index contributed by atoms with van der Waals surface area (Å²) in [4.78, 5) is 2.39. The van der Waals surface area contributed by atoms with Gasteiger partial charge in [-0.3, -0.25) is 4.90 Å². The summed E-state index contributed by atoms with van der Waals surface area (Å²) in [5.74, 6) is 0.580. The van der Waals surface area contributed by atoms with Crippen molar-refractivity contribution >= 4 is 27.5 Å². The van der Waals surface area contributed by atoms with Crippen molar-refractivity contribution in [1.82, 2.24) is 4.90 Å². The third-order valence-corrected chi connectivity index (χ3v) is 3.59. The van der Waals surface area contributed by atoms with Crippen LogP contribution in [-0.4, -0.2) is 36.6 Å². The second-order valence-electron chi connectivity index (χ2n) is 4.01. The standard InChI is InChI=1S/C12H15BrClNO/c13-11-3-1-10(2-4-11)8-15-5-6-16-12(7-14)9-15/h1-4,12H,5-9H2. The van der Waals surface area contributed by atoms with Crippen molar-refractivity contribution in [3.8, 4) is 0 Å². The molecule has 0 aromatic heterocycles. The van der Waals surface area contributed by atoms with Gasteiger partial charge in [0.15, 0.2) is 0 Å². The van der Waals surface area contributed by atoms with Crippen molar-refractivity contribution in [1.29, 1.82) is 0 Å². The minimum atomic E-state index is 0.186. The molecule has 1 unspecified atom stereocenters. The van der Waals surface area contributed by atoms with Crippen LogP contribution in [0.25, 0.3) is 0 Å². The van der Waals surface area contributed by atoms with Crippen molar-refractivity contribution in [2.75, 3.05) is 25.6 Å². The van der Waals surface area contributed by atoms with E-state index in [-0.39, 0.29) is 6.10 Å². The van der Waals surface area contributed by atoms with Crippen LogP contribution in [0.15, 0.2) is 28.7 Å². The first-order valence-electron chi connectivity index (χ1n) is 5.42. The Morgan fingerprint density at radius 3 is 2.81 bits per heavy atom. The molecular formula is C12H15BrClNO. The fraction of sp³-hybridized carbons (Fsp3) is 0.500. The lowest BCUT2D eigenvalue weighted by Gasteiger charge is -2.31. The van der Waals surface area contributed by atoms with E-state index in [2.05, 4.69) is 45.1 Å². The first-order valence-corrected chi connectivity index (χ1v) is 6.75. The summed E-state index contributed by atoms with van der Waals surface area (Å²) in [6.07, 6.45) is 0.186. The number of halogens is 2. The molecule has 0 radical (unpaired) electrons. The lowest BCUT2D eigenvalue weighted by Crippen LogP contribution is -2.42. The number of benzene rings is 1. The number of hydrogen-bond donors (Lipinski definition) is 0. The van der Waals surface area contributed by atoms with Crippen LogP contribution in [0, 0.1) is 0 Å². The van der Waals surface area contributed by atoms with Gasteiger partial charge in [0.1, 0.15) is 0 Å². The average Bonchev–Trinajstić information content (AvgIpc) is 2.32.